The van der Waals surface area contributed by atoms with Gasteiger partial charge in [-0.15, -0.1) is 0 Å². The van der Waals surface area contributed by atoms with E-state index in [1.807, 2.05) is 55.5 Å². The molecule has 1 amide bonds. The van der Waals surface area contributed by atoms with E-state index >= 15 is 0 Å². The SMILES string of the molecule is COc1ccccc1NC(=O)C1CCN(CC(O)COc2ccc(C)cc2)CC1. The number of ether oxygens (including phenoxy) is 2. The van der Waals surface area contributed by atoms with E-state index in [9.17, 15) is 9.90 Å². The lowest BCUT2D eigenvalue weighted by Gasteiger charge is -2.32. The van der Waals surface area contributed by atoms with Crippen LogP contribution in [0.15, 0.2) is 48.5 Å². The lowest BCUT2D eigenvalue weighted by molar-refractivity contribution is -0.121. The molecule has 0 saturated carbocycles. The number of amides is 1. The van der Waals surface area contributed by atoms with Gasteiger partial charge in [-0.1, -0.05) is 29.8 Å². The summed E-state index contributed by atoms with van der Waals surface area (Å²) in [6.45, 7) is 4.40. The topological polar surface area (TPSA) is 71.0 Å². The second-order valence-electron chi connectivity index (χ2n) is 7.54. The van der Waals surface area contributed by atoms with Crippen LogP contribution >= 0.6 is 0 Å². The van der Waals surface area contributed by atoms with Crippen LogP contribution < -0.4 is 14.8 Å². The zero-order chi connectivity index (χ0) is 20.6. The predicted octanol–water partition coefficient (Wildman–Crippen LogP) is 3.09. The fourth-order valence-electron chi connectivity index (χ4n) is 3.54. The average Bonchev–Trinajstić information content (AvgIpc) is 2.74. The number of hydrogen-bond acceptors (Lipinski definition) is 5. The van der Waals surface area contributed by atoms with Crippen molar-refractivity contribution in [3.05, 3.63) is 54.1 Å². The molecule has 1 aliphatic heterocycles. The van der Waals surface area contributed by atoms with Crippen LogP contribution in [-0.4, -0.2) is 55.4 Å². The average molecular weight is 399 g/mol. The summed E-state index contributed by atoms with van der Waals surface area (Å²) in [7, 11) is 1.59. The number of carbonyl (C=O) groups excluding carboxylic acids is 1. The molecule has 3 rings (SSSR count). The van der Waals surface area contributed by atoms with E-state index < -0.39 is 6.10 Å². The maximum atomic E-state index is 12.6. The number of aliphatic hydroxyl groups is 1. The molecule has 29 heavy (non-hydrogen) atoms. The van der Waals surface area contributed by atoms with Gasteiger partial charge in [0.1, 0.15) is 24.2 Å². The molecule has 0 aromatic heterocycles. The van der Waals surface area contributed by atoms with E-state index in [1.165, 1.54) is 5.56 Å². The molecular formula is C23H30N2O4. The van der Waals surface area contributed by atoms with Gasteiger partial charge in [0.05, 0.1) is 12.8 Å². The first-order valence-electron chi connectivity index (χ1n) is 10.1. The Balaban J connectivity index is 1.40. The smallest absolute Gasteiger partial charge is 0.227 e. The molecular weight excluding hydrogens is 368 g/mol. The van der Waals surface area contributed by atoms with E-state index in [0.29, 0.717) is 18.0 Å². The van der Waals surface area contributed by atoms with Gasteiger partial charge in [-0.05, 0) is 57.1 Å². The normalized spacial score (nSPS) is 16.2. The summed E-state index contributed by atoms with van der Waals surface area (Å²) in [5.74, 6) is 1.42. The minimum Gasteiger partial charge on any atom is -0.495 e. The van der Waals surface area contributed by atoms with Crippen LogP contribution in [0.3, 0.4) is 0 Å². The molecule has 2 aromatic rings. The molecule has 1 unspecified atom stereocenters. The molecule has 0 bridgehead atoms. The zero-order valence-electron chi connectivity index (χ0n) is 17.1. The maximum Gasteiger partial charge on any atom is 0.227 e. The number of rotatable bonds is 8. The van der Waals surface area contributed by atoms with Gasteiger partial charge in [0.2, 0.25) is 5.91 Å². The largest absolute Gasteiger partial charge is 0.495 e. The zero-order valence-corrected chi connectivity index (χ0v) is 17.1. The quantitative estimate of drug-likeness (QED) is 0.715. The van der Waals surface area contributed by atoms with Gasteiger partial charge in [-0.25, -0.2) is 0 Å². The summed E-state index contributed by atoms with van der Waals surface area (Å²) < 4.78 is 11.0. The number of carbonyl (C=O) groups is 1. The van der Waals surface area contributed by atoms with Crippen LogP contribution in [0.25, 0.3) is 0 Å². The minimum atomic E-state index is -0.560. The summed E-state index contributed by atoms with van der Waals surface area (Å²) in [4.78, 5) is 14.8. The Morgan fingerprint density at radius 1 is 1.17 bits per heavy atom. The molecule has 1 heterocycles. The van der Waals surface area contributed by atoms with Crippen molar-refractivity contribution < 1.29 is 19.4 Å². The summed E-state index contributed by atoms with van der Waals surface area (Å²) in [6.07, 6.45) is 0.981. The first kappa shape index (κ1) is 21.1. The molecule has 2 N–H and O–H groups in total. The van der Waals surface area contributed by atoms with E-state index in [2.05, 4.69) is 10.2 Å². The van der Waals surface area contributed by atoms with Gasteiger partial charge in [0, 0.05) is 12.5 Å². The molecule has 0 spiro atoms. The molecule has 6 heteroatoms. The Hall–Kier alpha value is -2.57. The third kappa shape index (κ3) is 6.21. The third-order valence-electron chi connectivity index (χ3n) is 5.26. The van der Waals surface area contributed by atoms with Crippen molar-refractivity contribution in [3.8, 4) is 11.5 Å². The number of benzene rings is 2. The van der Waals surface area contributed by atoms with Crippen molar-refractivity contribution >= 4 is 11.6 Å². The molecule has 0 aliphatic carbocycles. The molecule has 156 valence electrons. The van der Waals surface area contributed by atoms with Crippen LogP contribution in [0.1, 0.15) is 18.4 Å². The van der Waals surface area contributed by atoms with Gasteiger partial charge in [0.15, 0.2) is 0 Å². The van der Waals surface area contributed by atoms with Crippen molar-refractivity contribution in [3.63, 3.8) is 0 Å². The van der Waals surface area contributed by atoms with Gasteiger partial charge < -0.3 is 24.8 Å². The van der Waals surface area contributed by atoms with Gasteiger partial charge in [-0.3, -0.25) is 4.79 Å². The van der Waals surface area contributed by atoms with Crippen molar-refractivity contribution in [2.45, 2.75) is 25.9 Å². The molecule has 1 atom stereocenters. The van der Waals surface area contributed by atoms with Crippen LogP contribution in [-0.2, 0) is 4.79 Å². The highest BCUT2D eigenvalue weighted by atomic mass is 16.5. The van der Waals surface area contributed by atoms with Gasteiger partial charge in [0.25, 0.3) is 0 Å². The Morgan fingerprint density at radius 2 is 1.86 bits per heavy atom. The molecule has 0 radical (unpaired) electrons. The van der Waals surface area contributed by atoms with Crippen molar-refractivity contribution in [2.24, 2.45) is 5.92 Å². The Kier molecular flexibility index (Phi) is 7.49. The highest BCUT2D eigenvalue weighted by Gasteiger charge is 2.26. The van der Waals surface area contributed by atoms with Crippen molar-refractivity contribution in [1.82, 2.24) is 4.90 Å². The van der Waals surface area contributed by atoms with Crippen LogP contribution in [0, 0.1) is 12.8 Å². The third-order valence-corrected chi connectivity index (χ3v) is 5.26. The maximum absolute atomic E-state index is 12.6. The number of anilines is 1. The van der Waals surface area contributed by atoms with Crippen LogP contribution in [0.5, 0.6) is 11.5 Å². The summed E-state index contributed by atoms with van der Waals surface area (Å²) in [5.41, 5.74) is 1.88. The Labute approximate surface area is 172 Å². The number of hydrogen-bond donors (Lipinski definition) is 2. The summed E-state index contributed by atoms with van der Waals surface area (Å²) in [5, 5.41) is 13.3. The first-order valence-corrected chi connectivity index (χ1v) is 10.1. The van der Waals surface area contributed by atoms with E-state index in [0.717, 1.165) is 31.7 Å². The highest BCUT2D eigenvalue weighted by molar-refractivity contribution is 5.94. The lowest BCUT2D eigenvalue weighted by atomic mass is 9.95. The monoisotopic (exact) mass is 398 g/mol. The van der Waals surface area contributed by atoms with Crippen molar-refractivity contribution in [2.75, 3.05) is 38.7 Å². The second-order valence-corrected chi connectivity index (χ2v) is 7.54. The highest BCUT2D eigenvalue weighted by Crippen LogP contribution is 2.25. The second kappa shape index (κ2) is 10.3. The molecule has 1 aliphatic rings. The molecule has 6 nitrogen and oxygen atoms in total. The molecule has 1 fully saturated rings. The first-order chi connectivity index (χ1) is 14.0. The lowest BCUT2D eigenvalue weighted by Crippen LogP contribution is -2.42. The Bertz CT molecular complexity index is 786. The predicted molar refractivity (Wildman–Crippen MR) is 113 cm³/mol. The number of para-hydroxylation sites is 2. The number of nitrogens with zero attached hydrogens (tertiary/aromatic N) is 1. The summed E-state index contributed by atoms with van der Waals surface area (Å²) >= 11 is 0. The number of likely N-dealkylation sites (tertiary alicyclic amines) is 1. The van der Waals surface area contributed by atoms with Crippen molar-refractivity contribution in [1.29, 1.82) is 0 Å². The number of methoxy groups -OCH3 is 1. The van der Waals surface area contributed by atoms with Gasteiger partial charge in [-0.2, -0.15) is 0 Å². The van der Waals surface area contributed by atoms with E-state index in [-0.39, 0.29) is 18.4 Å². The number of nitrogens with one attached hydrogen (secondary N) is 1. The van der Waals surface area contributed by atoms with E-state index in [1.54, 1.807) is 7.11 Å². The fraction of sp³-hybridized carbons (Fsp3) is 0.435. The van der Waals surface area contributed by atoms with Crippen LogP contribution in [0.4, 0.5) is 5.69 Å². The number of β-amino-alcohol motifs (C(OH)–C–C–N with tert-alkyl or cyclic N) is 1. The fourth-order valence-corrected chi connectivity index (χ4v) is 3.54. The van der Waals surface area contributed by atoms with Gasteiger partial charge >= 0.3 is 0 Å². The van der Waals surface area contributed by atoms with E-state index in [4.69, 9.17) is 9.47 Å². The standard InChI is InChI=1S/C23H30N2O4/c1-17-7-9-20(10-8-17)29-16-19(26)15-25-13-11-18(12-14-25)23(27)24-21-5-3-4-6-22(21)28-2/h3-10,18-19,26H,11-16H2,1-2H3,(H,24,27). The number of aryl methyl sites for hydroxylation is 1. The Morgan fingerprint density at radius 3 is 2.55 bits per heavy atom. The molecule has 1 saturated heterocycles. The number of piperidine rings is 1. The molecule has 2 aromatic carbocycles. The van der Waals surface area contributed by atoms with Crippen LogP contribution in [0.2, 0.25) is 0 Å². The summed E-state index contributed by atoms with van der Waals surface area (Å²) in [6, 6.07) is 15.2. The number of aliphatic hydroxyl groups excluding tert-OH is 1. The minimum absolute atomic E-state index is 0.0254.